The molecule has 3 aromatic rings. The van der Waals surface area contributed by atoms with Gasteiger partial charge in [-0.3, -0.25) is 9.59 Å². The number of furan rings is 1. The number of anilines is 2. The summed E-state index contributed by atoms with van der Waals surface area (Å²) in [6.07, 6.45) is 1.42. The lowest BCUT2D eigenvalue weighted by atomic mass is 10.1. The highest BCUT2D eigenvalue weighted by atomic mass is 35.5. The molecule has 0 aliphatic heterocycles. The van der Waals surface area contributed by atoms with Gasteiger partial charge in [0.05, 0.1) is 16.3 Å². The monoisotopic (exact) mass is 466 g/mol. The Kier molecular flexibility index (Phi) is 6.92. The predicted octanol–water partition coefficient (Wildman–Crippen LogP) is 6.13. The Labute approximate surface area is 188 Å². The average Bonchev–Trinajstić information content (AvgIpc) is 3.27. The van der Waals surface area contributed by atoms with Crippen LogP contribution in [0.15, 0.2) is 47.1 Å². The summed E-state index contributed by atoms with van der Waals surface area (Å²) in [4.78, 5) is 24.2. The van der Waals surface area contributed by atoms with Crippen LogP contribution in [0.2, 0.25) is 15.1 Å². The number of ether oxygens (including phenoxy) is 1. The quantitative estimate of drug-likeness (QED) is 0.457. The van der Waals surface area contributed by atoms with E-state index in [0.29, 0.717) is 27.5 Å². The van der Waals surface area contributed by atoms with Gasteiger partial charge < -0.3 is 19.8 Å². The van der Waals surface area contributed by atoms with Gasteiger partial charge >= 0.3 is 0 Å². The molecule has 0 atom stereocenters. The summed E-state index contributed by atoms with van der Waals surface area (Å²) in [5.74, 6) is -0.356. The second kappa shape index (κ2) is 9.43. The first-order valence-corrected chi connectivity index (χ1v) is 9.92. The number of carbonyl (C=O) groups is 2. The van der Waals surface area contributed by atoms with E-state index in [2.05, 4.69) is 10.6 Å². The van der Waals surface area contributed by atoms with Crippen LogP contribution in [0.25, 0.3) is 0 Å². The van der Waals surface area contributed by atoms with Gasteiger partial charge in [0.15, 0.2) is 18.1 Å². The molecule has 1 aromatic heterocycles. The summed E-state index contributed by atoms with van der Waals surface area (Å²) in [7, 11) is 0. The predicted molar refractivity (Wildman–Crippen MR) is 118 cm³/mol. The van der Waals surface area contributed by atoms with Crippen molar-refractivity contribution in [3.63, 3.8) is 0 Å². The highest BCUT2D eigenvalue weighted by Gasteiger charge is 2.18. The van der Waals surface area contributed by atoms with Gasteiger partial charge in [-0.1, -0.05) is 34.8 Å². The Bertz CT molecular complexity index is 1050. The van der Waals surface area contributed by atoms with Crippen LogP contribution in [-0.2, 0) is 4.79 Å². The van der Waals surface area contributed by atoms with Crippen molar-refractivity contribution < 1.29 is 18.7 Å². The summed E-state index contributed by atoms with van der Waals surface area (Å²) in [6, 6.07) is 9.78. The molecule has 156 valence electrons. The summed E-state index contributed by atoms with van der Waals surface area (Å²) >= 11 is 18.7. The molecule has 9 heteroatoms. The molecule has 0 bridgehead atoms. The van der Waals surface area contributed by atoms with E-state index in [1.807, 2.05) is 0 Å². The van der Waals surface area contributed by atoms with Crippen LogP contribution in [0, 0.1) is 13.8 Å². The molecule has 0 saturated carbocycles. The van der Waals surface area contributed by atoms with Crippen molar-refractivity contribution >= 4 is 58.0 Å². The molecule has 0 saturated heterocycles. The van der Waals surface area contributed by atoms with E-state index in [1.165, 1.54) is 6.26 Å². The van der Waals surface area contributed by atoms with E-state index in [4.69, 9.17) is 44.0 Å². The zero-order chi connectivity index (χ0) is 21.8. The van der Waals surface area contributed by atoms with Gasteiger partial charge in [0.25, 0.3) is 11.8 Å². The number of carbonyl (C=O) groups excluding carboxylic acids is 2. The first-order valence-electron chi connectivity index (χ1n) is 8.79. The standard InChI is InChI=1S/C21H17Cl3N2O4/c1-11-17(22)12(2)19(24)20(18(11)23)30-10-16(27)25-13-5-7-14(8-6-13)26-21(28)15-4-3-9-29-15/h3-9H,10H2,1-2H3,(H,25,27)(H,26,28). The maximum atomic E-state index is 12.2. The maximum Gasteiger partial charge on any atom is 0.291 e. The molecule has 2 N–H and O–H groups in total. The lowest BCUT2D eigenvalue weighted by Crippen LogP contribution is -2.20. The third kappa shape index (κ3) is 4.90. The third-order valence-electron chi connectivity index (χ3n) is 4.23. The Morgan fingerprint density at radius 2 is 1.47 bits per heavy atom. The lowest BCUT2D eigenvalue weighted by Gasteiger charge is -2.15. The number of halogens is 3. The minimum absolute atomic E-state index is 0.203. The largest absolute Gasteiger partial charge is 0.481 e. The molecule has 0 spiro atoms. The smallest absolute Gasteiger partial charge is 0.291 e. The van der Waals surface area contributed by atoms with Crippen molar-refractivity contribution in [2.45, 2.75) is 13.8 Å². The van der Waals surface area contributed by atoms with Crippen molar-refractivity contribution in [3.8, 4) is 5.75 Å². The zero-order valence-electron chi connectivity index (χ0n) is 16.0. The zero-order valence-corrected chi connectivity index (χ0v) is 18.3. The Morgan fingerprint density at radius 1 is 0.900 bits per heavy atom. The second-order valence-corrected chi connectivity index (χ2v) is 7.50. The maximum absolute atomic E-state index is 12.2. The van der Waals surface area contributed by atoms with Gasteiger partial charge in [-0.2, -0.15) is 0 Å². The van der Waals surface area contributed by atoms with E-state index in [9.17, 15) is 9.59 Å². The highest BCUT2D eigenvalue weighted by Crippen LogP contribution is 2.42. The number of amides is 2. The number of hydrogen-bond acceptors (Lipinski definition) is 4. The second-order valence-electron chi connectivity index (χ2n) is 6.37. The first-order chi connectivity index (χ1) is 14.3. The van der Waals surface area contributed by atoms with Gasteiger partial charge in [-0.05, 0) is 61.4 Å². The molecule has 0 aliphatic rings. The summed E-state index contributed by atoms with van der Waals surface area (Å²) < 4.78 is 10.6. The van der Waals surface area contributed by atoms with Gasteiger partial charge in [-0.15, -0.1) is 0 Å². The van der Waals surface area contributed by atoms with Crippen LogP contribution >= 0.6 is 34.8 Å². The van der Waals surface area contributed by atoms with E-state index >= 15 is 0 Å². The fourth-order valence-corrected chi connectivity index (χ4v) is 3.43. The van der Waals surface area contributed by atoms with Crippen LogP contribution in [0.3, 0.4) is 0 Å². The number of benzene rings is 2. The van der Waals surface area contributed by atoms with E-state index in [1.54, 1.807) is 50.2 Å². The van der Waals surface area contributed by atoms with E-state index in [0.717, 1.165) is 0 Å². The Balaban J connectivity index is 1.59. The SMILES string of the molecule is Cc1c(Cl)c(C)c(Cl)c(OCC(=O)Nc2ccc(NC(=O)c3ccco3)cc2)c1Cl. The molecular weight excluding hydrogens is 451 g/mol. The molecule has 3 rings (SSSR count). The van der Waals surface area contributed by atoms with Crippen LogP contribution in [-0.4, -0.2) is 18.4 Å². The summed E-state index contributed by atoms with van der Waals surface area (Å²) in [5, 5.41) is 6.37. The van der Waals surface area contributed by atoms with Crippen LogP contribution in [0.1, 0.15) is 21.7 Å². The van der Waals surface area contributed by atoms with Crippen molar-refractivity contribution in [2.75, 3.05) is 17.2 Å². The fraction of sp³-hybridized carbons (Fsp3) is 0.143. The molecule has 2 aromatic carbocycles. The number of nitrogens with one attached hydrogen (secondary N) is 2. The van der Waals surface area contributed by atoms with Gasteiger partial charge in [0.1, 0.15) is 0 Å². The van der Waals surface area contributed by atoms with Crippen molar-refractivity contribution in [1.29, 1.82) is 0 Å². The van der Waals surface area contributed by atoms with Crippen LogP contribution < -0.4 is 15.4 Å². The average molecular weight is 468 g/mol. The van der Waals surface area contributed by atoms with Crippen molar-refractivity contribution in [1.82, 2.24) is 0 Å². The van der Waals surface area contributed by atoms with Crippen molar-refractivity contribution in [2.24, 2.45) is 0 Å². The highest BCUT2D eigenvalue weighted by molar-refractivity contribution is 6.42. The molecule has 0 aliphatic carbocycles. The molecule has 1 heterocycles. The van der Waals surface area contributed by atoms with Crippen molar-refractivity contribution in [3.05, 3.63) is 74.6 Å². The first kappa shape index (κ1) is 22.0. The van der Waals surface area contributed by atoms with Crippen LogP contribution in [0.4, 0.5) is 11.4 Å². The van der Waals surface area contributed by atoms with Gasteiger partial charge in [-0.25, -0.2) is 0 Å². The molecular formula is C21H17Cl3N2O4. The van der Waals surface area contributed by atoms with Gasteiger partial charge in [0, 0.05) is 16.4 Å². The van der Waals surface area contributed by atoms with E-state index < -0.39 is 5.91 Å². The molecule has 0 radical (unpaired) electrons. The topological polar surface area (TPSA) is 80.6 Å². The van der Waals surface area contributed by atoms with Crippen LogP contribution in [0.5, 0.6) is 5.75 Å². The molecule has 6 nitrogen and oxygen atoms in total. The summed E-state index contributed by atoms with van der Waals surface area (Å²) in [5.41, 5.74) is 2.34. The summed E-state index contributed by atoms with van der Waals surface area (Å²) in [6.45, 7) is 3.19. The minimum Gasteiger partial charge on any atom is -0.481 e. The fourth-order valence-electron chi connectivity index (χ4n) is 2.61. The molecule has 0 unspecified atom stereocenters. The Hall–Kier alpha value is -2.67. The van der Waals surface area contributed by atoms with E-state index in [-0.39, 0.29) is 34.1 Å². The molecule has 0 fully saturated rings. The minimum atomic E-state index is -0.403. The Morgan fingerprint density at radius 3 is 2.00 bits per heavy atom. The molecule has 30 heavy (non-hydrogen) atoms. The number of rotatable bonds is 6. The lowest BCUT2D eigenvalue weighted by molar-refractivity contribution is -0.118. The third-order valence-corrected chi connectivity index (χ3v) is 5.71. The number of hydrogen-bond donors (Lipinski definition) is 2. The normalized spacial score (nSPS) is 10.6. The van der Waals surface area contributed by atoms with Gasteiger partial charge in [0.2, 0.25) is 0 Å². The molecule has 2 amide bonds.